The number of allylic oxidation sites excluding steroid dienone is 2. The van der Waals surface area contributed by atoms with Crippen molar-refractivity contribution in [3.05, 3.63) is 28.5 Å². The highest BCUT2D eigenvalue weighted by Gasteiger charge is 2.21. The molecule has 0 amide bonds. The van der Waals surface area contributed by atoms with Crippen molar-refractivity contribution in [1.82, 2.24) is 9.62 Å². The summed E-state index contributed by atoms with van der Waals surface area (Å²) in [6.07, 6.45) is 7.00. The molecule has 1 unspecified atom stereocenters. The van der Waals surface area contributed by atoms with Gasteiger partial charge < -0.3 is 10.1 Å². The first-order valence-electron chi connectivity index (χ1n) is 5.87. The molecule has 2 rings (SSSR count). The molecule has 2 N–H and O–H groups in total. The van der Waals surface area contributed by atoms with Crippen molar-refractivity contribution in [3.63, 3.8) is 0 Å². The third kappa shape index (κ3) is 3.85. The van der Waals surface area contributed by atoms with Gasteiger partial charge in [-0.3, -0.25) is 5.21 Å². The molecule has 0 bridgehead atoms. The molecule has 19 heavy (non-hydrogen) atoms. The molecule has 8 heteroatoms. The highest BCUT2D eigenvalue weighted by molar-refractivity contribution is 8.21. The minimum Gasteiger partial charge on any atom is -0.417 e. The molecule has 1 aliphatic carbocycles. The Labute approximate surface area is 126 Å². The molecule has 0 saturated carbocycles. The van der Waals surface area contributed by atoms with Gasteiger partial charge in [0.05, 0.1) is 6.04 Å². The van der Waals surface area contributed by atoms with Crippen LogP contribution in [0.4, 0.5) is 0 Å². The predicted octanol–water partition coefficient (Wildman–Crippen LogP) is 2.01. The summed E-state index contributed by atoms with van der Waals surface area (Å²) in [6.45, 7) is 2.01. The van der Waals surface area contributed by atoms with Crippen LogP contribution in [0.15, 0.2) is 23.3 Å². The monoisotopic (exact) mass is 319 g/mol. The van der Waals surface area contributed by atoms with E-state index >= 15 is 0 Å². The normalized spacial score (nSPS) is 25.4. The van der Waals surface area contributed by atoms with E-state index < -0.39 is 0 Å². The van der Waals surface area contributed by atoms with Gasteiger partial charge in [0.1, 0.15) is 0 Å². The highest BCUT2D eigenvalue weighted by atomic mass is 35.5. The zero-order valence-corrected chi connectivity index (χ0v) is 12.5. The second-order valence-corrected chi connectivity index (χ2v) is 6.15. The van der Waals surface area contributed by atoms with Crippen LogP contribution in [-0.2, 0) is 0 Å². The van der Waals surface area contributed by atoms with Crippen molar-refractivity contribution in [2.24, 2.45) is 0 Å². The summed E-state index contributed by atoms with van der Waals surface area (Å²) in [5.74, 6) is 0. The van der Waals surface area contributed by atoms with E-state index in [1.54, 1.807) is 6.08 Å². The molecule has 104 valence electrons. The first-order chi connectivity index (χ1) is 9.08. The topological polar surface area (TPSA) is 61.6 Å². The number of rotatable bonds is 2. The van der Waals surface area contributed by atoms with Crippen molar-refractivity contribution in [3.8, 4) is 0 Å². The largest absolute Gasteiger partial charge is 0.417 e. The highest BCUT2D eigenvalue weighted by Crippen LogP contribution is 2.20. The van der Waals surface area contributed by atoms with Gasteiger partial charge in [-0.05, 0) is 24.8 Å². The SMILES string of the molecule is [O-]/[N+](O)=C1/C=CC(NSC(=S)N2CCCC2)C(Cl)=C1. The number of likely N-dealkylation sites (tertiary alicyclic amines) is 1. The second kappa shape index (κ2) is 6.60. The summed E-state index contributed by atoms with van der Waals surface area (Å²) in [5, 5.41) is 19.9. The number of hydrogen-bond acceptors (Lipinski definition) is 5. The van der Waals surface area contributed by atoms with Crippen molar-refractivity contribution in [2.45, 2.75) is 18.9 Å². The molecule has 5 nitrogen and oxygen atoms in total. The third-order valence-electron chi connectivity index (χ3n) is 2.90. The van der Waals surface area contributed by atoms with Gasteiger partial charge in [-0.2, -0.15) is 0 Å². The molecule has 0 aromatic rings. The Morgan fingerprint density at radius 1 is 1.58 bits per heavy atom. The molecular formula is C11H14ClN3O2S2. The Bertz CT molecular complexity index is 455. The minimum absolute atomic E-state index is 0.107. The van der Waals surface area contributed by atoms with Crippen LogP contribution in [0.5, 0.6) is 0 Å². The summed E-state index contributed by atoms with van der Waals surface area (Å²) in [6, 6.07) is -0.212. The summed E-state index contributed by atoms with van der Waals surface area (Å²) in [5.41, 5.74) is 0.107. The van der Waals surface area contributed by atoms with Gasteiger partial charge >= 0.3 is 0 Å². The number of nitrogens with zero attached hydrogens (tertiary/aromatic N) is 2. The Kier molecular flexibility index (Phi) is 5.09. The molecule has 1 atom stereocenters. The van der Waals surface area contributed by atoms with Crippen molar-refractivity contribution >= 4 is 45.8 Å². The maximum Gasteiger partial charge on any atom is 0.268 e. The lowest BCUT2D eigenvalue weighted by Gasteiger charge is -2.21. The lowest BCUT2D eigenvalue weighted by atomic mass is 10.1. The number of nitrogens with one attached hydrogen (secondary N) is 1. The molecule has 1 heterocycles. The third-order valence-corrected chi connectivity index (χ3v) is 4.56. The van der Waals surface area contributed by atoms with E-state index in [0.29, 0.717) is 5.03 Å². The second-order valence-electron chi connectivity index (χ2n) is 4.24. The van der Waals surface area contributed by atoms with Crippen LogP contribution >= 0.6 is 35.8 Å². The fraction of sp³-hybridized carbons (Fsp3) is 0.455. The van der Waals surface area contributed by atoms with Gasteiger partial charge in [0.15, 0.2) is 4.32 Å². The van der Waals surface area contributed by atoms with E-state index in [4.69, 9.17) is 29.0 Å². The van der Waals surface area contributed by atoms with E-state index in [0.717, 1.165) is 17.4 Å². The fourth-order valence-electron chi connectivity index (χ4n) is 1.86. The van der Waals surface area contributed by atoms with Crippen molar-refractivity contribution in [2.75, 3.05) is 13.1 Å². The summed E-state index contributed by atoms with van der Waals surface area (Å²) >= 11 is 12.7. The Balaban J connectivity index is 1.87. The van der Waals surface area contributed by atoms with Crippen LogP contribution in [0.2, 0.25) is 0 Å². The van der Waals surface area contributed by atoms with E-state index in [1.807, 2.05) is 0 Å². The number of halogens is 1. The lowest BCUT2D eigenvalue weighted by molar-refractivity contribution is -0.725. The molecule has 1 fully saturated rings. The number of hydrogen-bond donors (Lipinski definition) is 2. The van der Waals surface area contributed by atoms with E-state index in [9.17, 15) is 5.21 Å². The molecule has 0 radical (unpaired) electrons. The van der Waals surface area contributed by atoms with Gasteiger partial charge in [-0.1, -0.05) is 29.9 Å². The van der Waals surface area contributed by atoms with Gasteiger partial charge in [0.25, 0.3) is 5.71 Å². The van der Waals surface area contributed by atoms with Gasteiger partial charge in [-0.15, -0.1) is 0 Å². The van der Waals surface area contributed by atoms with Crippen LogP contribution in [-0.4, -0.2) is 44.2 Å². The van der Waals surface area contributed by atoms with Crippen LogP contribution in [0, 0.1) is 5.21 Å². The van der Waals surface area contributed by atoms with Crippen molar-refractivity contribution in [1.29, 1.82) is 0 Å². The number of thiocarbonyl (C=S) groups is 1. The molecule has 0 spiro atoms. The van der Waals surface area contributed by atoms with E-state index in [1.165, 1.54) is 36.9 Å². The quantitative estimate of drug-likeness (QED) is 0.267. The minimum atomic E-state index is -0.212. The Morgan fingerprint density at radius 2 is 2.26 bits per heavy atom. The fourth-order valence-corrected chi connectivity index (χ4v) is 3.23. The van der Waals surface area contributed by atoms with Crippen LogP contribution < -0.4 is 4.72 Å². The smallest absolute Gasteiger partial charge is 0.268 e. The Morgan fingerprint density at radius 3 is 2.84 bits per heavy atom. The van der Waals surface area contributed by atoms with Gasteiger partial charge in [-0.25, -0.2) is 4.72 Å². The summed E-state index contributed by atoms with van der Waals surface area (Å²) in [7, 11) is 0. The van der Waals surface area contributed by atoms with Gasteiger partial charge in [0, 0.05) is 35.2 Å². The maximum absolute atomic E-state index is 10.7. The average Bonchev–Trinajstić information content (AvgIpc) is 2.90. The maximum atomic E-state index is 10.7. The molecule has 1 aliphatic heterocycles. The average molecular weight is 320 g/mol. The van der Waals surface area contributed by atoms with Gasteiger partial charge in [0.2, 0.25) is 0 Å². The van der Waals surface area contributed by atoms with E-state index in [-0.39, 0.29) is 16.7 Å². The molecule has 0 aromatic carbocycles. The Hall–Kier alpha value is -0.760. The summed E-state index contributed by atoms with van der Waals surface area (Å²) < 4.78 is 3.94. The lowest BCUT2D eigenvalue weighted by Crippen LogP contribution is -2.31. The molecule has 0 aromatic heterocycles. The van der Waals surface area contributed by atoms with Crippen LogP contribution in [0.1, 0.15) is 12.8 Å². The van der Waals surface area contributed by atoms with Crippen LogP contribution in [0.3, 0.4) is 0 Å². The van der Waals surface area contributed by atoms with Crippen molar-refractivity contribution < 1.29 is 10.1 Å². The zero-order chi connectivity index (χ0) is 13.8. The molecule has 1 saturated heterocycles. The first-order valence-corrected chi connectivity index (χ1v) is 7.48. The zero-order valence-electron chi connectivity index (χ0n) is 10.1. The molecule has 2 aliphatic rings. The predicted molar refractivity (Wildman–Crippen MR) is 81.4 cm³/mol. The standard InChI is InChI=1S/C11H14ClN3O2S2/c12-9-7-8(15(16)17)3-4-10(9)13-19-11(18)14-5-1-2-6-14/h3-4,7,10,13H,1-2,5-6H2,(H,16,17). The first kappa shape index (κ1) is 14.6. The van der Waals surface area contributed by atoms with Crippen LogP contribution in [0.25, 0.3) is 0 Å². The van der Waals surface area contributed by atoms with E-state index in [2.05, 4.69) is 9.62 Å². The summed E-state index contributed by atoms with van der Waals surface area (Å²) in [4.78, 5) is 1.94. The molecular weight excluding hydrogens is 306 g/mol.